The molecule has 4 heteroatoms. The second-order valence-corrected chi connectivity index (χ2v) is 5.29. The normalized spacial score (nSPS) is 10.3. The Morgan fingerprint density at radius 1 is 1.00 bits per heavy atom. The molecular weight excluding hydrogens is 288 g/mol. The van der Waals surface area contributed by atoms with E-state index in [9.17, 15) is 9.59 Å². The highest BCUT2D eigenvalue weighted by atomic mass is 16.2. The largest absolute Gasteiger partial charge is 0.328 e. The van der Waals surface area contributed by atoms with Crippen molar-refractivity contribution in [1.29, 1.82) is 0 Å². The van der Waals surface area contributed by atoms with Crippen molar-refractivity contribution in [3.05, 3.63) is 88.3 Å². The van der Waals surface area contributed by atoms with E-state index < -0.39 is 11.5 Å². The van der Waals surface area contributed by atoms with Crippen molar-refractivity contribution in [3.8, 4) is 11.1 Å². The number of carbonyl (C=O) groups excluding carboxylic acids is 1. The number of aromatic nitrogens is 1. The van der Waals surface area contributed by atoms with E-state index in [2.05, 4.69) is 10.3 Å². The summed E-state index contributed by atoms with van der Waals surface area (Å²) in [4.78, 5) is 27.4. The number of hydrogen-bond donors (Lipinski definition) is 2. The summed E-state index contributed by atoms with van der Waals surface area (Å²) in [6, 6.07) is 18.6. The maximum absolute atomic E-state index is 12.6. The lowest BCUT2D eigenvalue weighted by molar-refractivity contribution is 0.102. The van der Waals surface area contributed by atoms with Gasteiger partial charge in [-0.25, -0.2) is 0 Å². The highest BCUT2D eigenvalue weighted by molar-refractivity contribution is 6.08. The first-order valence-corrected chi connectivity index (χ1v) is 7.30. The first kappa shape index (κ1) is 14.8. The molecule has 23 heavy (non-hydrogen) atoms. The molecule has 114 valence electrons. The minimum atomic E-state index is -0.420. The summed E-state index contributed by atoms with van der Waals surface area (Å²) in [5.74, 6) is -0.420. The van der Waals surface area contributed by atoms with Gasteiger partial charge in [-0.15, -0.1) is 0 Å². The van der Waals surface area contributed by atoms with E-state index in [1.165, 1.54) is 0 Å². The zero-order valence-electron chi connectivity index (χ0n) is 12.7. The number of anilines is 1. The Balaban J connectivity index is 2.02. The first-order valence-electron chi connectivity index (χ1n) is 7.30. The molecule has 2 aromatic carbocycles. The van der Waals surface area contributed by atoms with Crippen LogP contribution in [0.15, 0.2) is 71.7 Å². The van der Waals surface area contributed by atoms with E-state index in [0.717, 1.165) is 11.1 Å². The van der Waals surface area contributed by atoms with Crippen LogP contribution < -0.4 is 10.9 Å². The number of rotatable bonds is 3. The van der Waals surface area contributed by atoms with Crippen molar-refractivity contribution >= 4 is 11.6 Å². The number of carbonyl (C=O) groups is 1. The van der Waals surface area contributed by atoms with Crippen LogP contribution in [0.4, 0.5) is 5.69 Å². The topological polar surface area (TPSA) is 62.0 Å². The lowest BCUT2D eigenvalue weighted by Crippen LogP contribution is -2.24. The van der Waals surface area contributed by atoms with Crippen LogP contribution in [0.5, 0.6) is 0 Å². The summed E-state index contributed by atoms with van der Waals surface area (Å²) < 4.78 is 0. The molecule has 3 rings (SSSR count). The molecule has 1 heterocycles. The fraction of sp³-hybridized carbons (Fsp3) is 0.0526. The molecule has 0 spiro atoms. The third-order valence-corrected chi connectivity index (χ3v) is 3.55. The third-order valence-electron chi connectivity index (χ3n) is 3.55. The standard InChI is InChI=1S/C19H16N2O2/c1-13-6-5-9-15(12-13)21-19(23)17-16(10-11-20-18(17)22)14-7-3-2-4-8-14/h2-12H,1H3,(H,20,22)(H,21,23). The fourth-order valence-electron chi connectivity index (χ4n) is 2.48. The monoisotopic (exact) mass is 304 g/mol. The predicted octanol–water partition coefficient (Wildman–Crippen LogP) is 3.60. The number of hydrogen-bond acceptors (Lipinski definition) is 2. The van der Waals surface area contributed by atoms with Gasteiger partial charge in [0.2, 0.25) is 0 Å². The number of aromatic amines is 1. The number of aryl methyl sites for hydroxylation is 1. The molecule has 0 aliphatic rings. The van der Waals surface area contributed by atoms with Crippen LogP contribution in [-0.4, -0.2) is 10.9 Å². The van der Waals surface area contributed by atoms with Gasteiger partial charge in [0, 0.05) is 17.4 Å². The van der Waals surface area contributed by atoms with Crippen molar-refractivity contribution in [2.75, 3.05) is 5.32 Å². The molecule has 0 aliphatic heterocycles. The smallest absolute Gasteiger partial charge is 0.261 e. The van der Waals surface area contributed by atoms with E-state index in [0.29, 0.717) is 11.3 Å². The van der Waals surface area contributed by atoms with Gasteiger partial charge in [0.15, 0.2) is 0 Å². The summed E-state index contributed by atoms with van der Waals surface area (Å²) in [7, 11) is 0. The van der Waals surface area contributed by atoms with Crippen molar-refractivity contribution in [2.45, 2.75) is 6.92 Å². The maximum Gasteiger partial charge on any atom is 0.261 e. The molecule has 2 N–H and O–H groups in total. The molecule has 3 aromatic rings. The number of benzene rings is 2. The Labute approximate surface area is 133 Å². The minimum Gasteiger partial charge on any atom is -0.328 e. The zero-order valence-corrected chi connectivity index (χ0v) is 12.7. The second kappa shape index (κ2) is 6.32. The van der Waals surface area contributed by atoms with E-state index in [1.807, 2.05) is 55.5 Å². The molecule has 0 fully saturated rings. The number of H-pyrrole nitrogens is 1. The molecule has 4 nitrogen and oxygen atoms in total. The van der Waals surface area contributed by atoms with Crippen molar-refractivity contribution in [1.82, 2.24) is 4.98 Å². The Morgan fingerprint density at radius 3 is 2.52 bits per heavy atom. The average molecular weight is 304 g/mol. The van der Waals surface area contributed by atoms with Crippen LogP contribution in [-0.2, 0) is 0 Å². The van der Waals surface area contributed by atoms with Gasteiger partial charge in [-0.2, -0.15) is 0 Å². The molecule has 0 radical (unpaired) electrons. The molecule has 1 aromatic heterocycles. The summed E-state index contributed by atoms with van der Waals surface area (Å²) in [6.45, 7) is 1.94. The van der Waals surface area contributed by atoms with Crippen LogP contribution in [0.3, 0.4) is 0 Å². The lowest BCUT2D eigenvalue weighted by atomic mass is 10.0. The molecule has 0 aliphatic carbocycles. The maximum atomic E-state index is 12.6. The van der Waals surface area contributed by atoms with Crippen LogP contribution in [0.2, 0.25) is 0 Å². The first-order chi connectivity index (χ1) is 11.1. The van der Waals surface area contributed by atoms with Gasteiger partial charge in [-0.05, 0) is 36.2 Å². The van der Waals surface area contributed by atoms with Gasteiger partial charge >= 0.3 is 0 Å². The van der Waals surface area contributed by atoms with Crippen molar-refractivity contribution in [2.24, 2.45) is 0 Å². The Kier molecular flexibility index (Phi) is 4.06. The highest BCUT2D eigenvalue weighted by Gasteiger charge is 2.17. The SMILES string of the molecule is Cc1cccc(NC(=O)c2c(-c3ccccc3)cc[nH]c2=O)c1. The van der Waals surface area contributed by atoms with E-state index in [-0.39, 0.29) is 5.56 Å². The summed E-state index contributed by atoms with van der Waals surface area (Å²) >= 11 is 0. The molecule has 0 bridgehead atoms. The van der Waals surface area contributed by atoms with Gasteiger partial charge in [-0.3, -0.25) is 9.59 Å². The number of nitrogens with one attached hydrogen (secondary N) is 2. The average Bonchev–Trinajstić information content (AvgIpc) is 2.55. The van der Waals surface area contributed by atoms with Crippen molar-refractivity contribution < 1.29 is 4.79 Å². The van der Waals surface area contributed by atoms with E-state index in [4.69, 9.17) is 0 Å². The summed E-state index contributed by atoms with van der Waals surface area (Å²) in [6.07, 6.45) is 1.55. The summed E-state index contributed by atoms with van der Waals surface area (Å²) in [5, 5.41) is 2.79. The van der Waals surface area contributed by atoms with Crippen LogP contribution in [0, 0.1) is 6.92 Å². The van der Waals surface area contributed by atoms with Gasteiger partial charge < -0.3 is 10.3 Å². The van der Waals surface area contributed by atoms with Crippen LogP contribution in [0.1, 0.15) is 15.9 Å². The van der Waals surface area contributed by atoms with Gasteiger partial charge in [0.05, 0.1) is 0 Å². The van der Waals surface area contributed by atoms with Crippen LogP contribution >= 0.6 is 0 Å². The Morgan fingerprint density at radius 2 is 1.78 bits per heavy atom. The highest BCUT2D eigenvalue weighted by Crippen LogP contribution is 2.21. The van der Waals surface area contributed by atoms with Gasteiger partial charge in [0.25, 0.3) is 11.5 Å². The second-order valence-electron chi connectivity index (χ2n) is 5.29. The van der Waals surface area contributed by atoms with Crippen molar-refractivity contribution in [3.63, 3.8) is 0 Å². The molecule has 0 unspecified atom stereocenters. The molecular formula is C19H16N2O2. The van der Waals surface area contributed by atoms with Crippen LogP contribution in [0.25, 0.3) is 11.1 Å². The van der Waals surface area contributed by atoms with E-state index >= 15 is 0 Å². The molecule has 0 saturated heterocycles. The third kappa shape index (κ3) is 3.21. The lowest BCUT2D eigenvalue weighted by Gasteiger charge is -2.10. The zero-order chi connectivity index (χ0) is 16.2. The summed E-state index contributed by atoms with van der Waals surface area (Å²) in [5.41, 5.74) is 2.84. The molecule has 0 atom stereocenters. The van der Waals surface area contributed by atoms with Gasteiger partial charge in [-0.1, -0.05) is 42.5 Å². The predicted molar refractivity (Wildman–Crippen MR) is 91.6 cm³/mol. The quantitative estimate of drug-likeness (QED) is 0.776. The minimum absolute atomic E-state index is 0.111. The molecule has 1 amide bonds. The van der Waals surface area contributed by atoms with Gasteiger partial charge in [0.1, 0.15) is 5.56 Å². The Hall–Kier alpha value is -3.14. The number of amides is 1. The number of pyridine rings is 1. The van der Waals surface area contributed by atoms with E-state index in [1.54, 1.807) is 18.3 Å². The fourth-order valence-corrected chi connectivity index (χ4v) is 2.48. The Bertz CT molecular complexity index is 898. The molecule has 0 saturated carbocycles.